The summed E-state index contributed by atoms with van der Waals surface area (Å²) in [6, 6.07) is 9.13. The van der Waals surface area contributed by atoms with Crippen LogP contribution in [0.1, 0.15) is 122 Å². The molecule has 6 rings (SSSR count). The highest BCUT2D eigenvalue weighted by atomic mass is 32.1. The molecule has 15 heteroatoms. The van der Waals surface area contributed by atoms with Gasteiger partial charge >= 0.3 is 0 Å². The fourth-order valence-electron chi connectivity index (χ4n) is 7.95. The zero-order valence-corrected chi connectivity index (χ0v) is 45.3. The Hall–Kier alpha value is -4.56. The van der Waals surface area contributed by atoms with E-state index >= 15 is 0 Å². The van der Waals surface area contributed by atoms with Crippen LogP contribution in [0.15, 0.2) is 47.5 Å². The second kappa shape index (κ2) is 35.5. The number of hydrogen-bond acceptors (Lipinski definition) is 12. The van der Waals surface area contributed by atoms with Crippen LogP contribution >= 0.6 is 11.3 Å². The highest BCUT2D eigenvalue weighted by Crippen LogP contribution is 2.43. The van der Waals surface area contributed by atoms with Gasteiger partial charge in [0.1, 0.15) is 6.79 Å². The number of aromatic nitrogens is 3. The van der Waals surface area contributed by atoms with Crippen molar-refractivity contribution in [3.05, 3.63) is 63.8 Å². The average Bonchev–Trinajstić information content (AvgIpc) is 4.08. The molecule has 2 aliphatic rings. The number of hydrogen-bond donors (Lipinski definition) is 3. The van der Waals surface area contributed by atoms with E-state index in [-0.39, 0.29) is 24.4 Å². The normalized spacial score (nSPS) is 14.1. The number of alkyl halides is 2. The van der Waals surface area contributed by atoms with Crippen molar-refractivity contribution < 1.29 is 27.8 Å². The number of halogens is 2. The second-order valence-electron chi connectivity index (χ2n) is 17.7. The maximum Gasteiger partial charge on any atom is 0.293 e. The third-order valence-corrected chi connectivity index (χ3v) is 12.2. The van der Waals surface area contributed by atoms with Crippen molar-refractivity contribution >= 4 is 41.2 Å². The standard InChI is InChI=1S/C41H57N5O3S.C5H8F2.C3H4.C2H7N.2CH5N.CH2O/c1-9-46-37-17-16-31(36-26-50-38(43-36)15-13-11-10-12-14-29(2)3)22-33(37)35(24-41(5,6)27-49-28-47)40(46)34-23-32(25-42-39(34)30(4)48-8)45-20-18-44(7)19-21-45;6-5(7)3-1-2-4-5;2*1-3-2;3*1-2/h14,16-17,22-23,25-26,28,30H,9-13,15,18-21,24,27H2,1-8H3;1-4H2;1H,2H3;3H,1-2H3;2*2H2,1H3;1H2. The molecule has 0 spiro atoms. The molecule has 2 fully saturated rings. The van der Waals surface area contributed by atoms with E-state index in [1.54, 1.807) is 25.4 Å². The number of thiazole rings is 1. The molecule has 1 saturated heterocycles. The van der Waals surface area contributed by atoms with E-state index in [0.29, 0.717) is 25.9 Å². The Morgan fingerprint density at radius 1 is 1.06 bits per heavy atom. The minimum Gasteiger partial charge on any atom is -0.467 e. The molecule has 1 aliphatic carbocycles. The number of aryl methyl sites for hydroxylation is 2. The molecule has 1 unspecified atom stereocenters. The van der Waals surface area contributed by atoms with E-state index in [2.05, 4.69) is 128 Å². The first-order valence-electron chi connectivity index (χ1n) is 24.1. The van der Waals surface area contributed by atoms with Crippen LogP contribution < -0.4 is 21.7 Å². The number of ether oxygens (including phenoxy) is 2. The number of terminal acetylenes is 1. The predicted octanol–water partition coefficient (Wildman–Crippen LogP) is 10.8. The topological polar surface area (TPSA) is 154 Å². The lowest BCUT2D eigenvalue weighted by Crippen LogP contribution is -2.44. The first kappa shape index (κ1) is 64.4. The van der Waals surface area contributed by atoms with Crippen LogP contribution in [0.25, 0.3) is 33.4 Å². The monoisotopic (exact) mass is 983 g/mol. The largest absolute Gasteiger partial charge is 0.467 e. The van der Waals surface area contributed by atoms with Gasteiger partial charge in [-0.15, -0.1) is 23.7 Å². The Kier molecular flexibility index (Phi) is 33.2. The van der Waals surface area contributed by atoms with Crippen LogP contribution in [0.5, 0.6) is 0 Å². The molecule has 69 heavy (non-hydrogen) atoms. The number of likely N-dealkylation sites (N-methyl/N-ethyl adjacent to an activating group) is 1. The number of methoxy groups -OCH3 is 1. The summed E-state index contributed by atoms with van der Waals surface area (Å²) in [7, 11) is 10.7. The van der Waals surface area contributed by atoms with Gasteiger partial charge in [-0.2, -0.15) is 0 Å². The van der Waals surface area contributed by atoms with Gasteiger partial charge in [-0.3, -0.25) is 9.78 Å². The van der Waals surface area contributed by atoms with Gasteiger partial charge in [-0.1, -0.05) is 38.0 Å². The quantitative estimate of drug-likeness (QED) is 0.0401. The number of anilines is 1. The molecule has 1 aliphatic heterocycles. The molecule has 1 aromatic carbocycles. The van der Waals surface area contributed by atoms with Crippen molar-refractivity contribution in [1.29, 1.82) is 0 Å². The zero-order valence-electron chi connectivity index (χ0n) is 44.5. The molecule has 1 atom stereocenters. The fraction of sp³-hybridized carbons (Fsp3) is 0.593. The third-order valence-electron chi connectivity index (χ3n) is 11.3. The molecule has 5 N–H and O–H groups in total. The molecule has 4 heterocycles. The first-order valence-corrected chi connectivity index (χ1v) is 25.0. The van der Waals surface area contributed by atoms with E-state index in [1.807, 2.05) is 27.1 Å². The number of pyridine rings is 1. The zero-order chi connectivity index (χ0) is 52.6. The number of carbonyl (C=O) groups is 2. The molecule has 3 aromatic heterocycles. The van der Waals surface area contributed by atoms with Crippen molar-refractivity contribution in [1.82, 2.24) is 24.8 Å². The molecule has 4 aromatic rings. The smallest absolute Gasteiger partial charge is 0.293 e. The van der Waals surface area contributed by atoms with Crippen LogP contribution in [0.4, 0.5) is 14.5 Å². The van der Waals surface area contributed by atoms with Crippen molar-refractivity contribution in [2.75, 3.05) is 80.0 Å². The SMILES string of the molecule is C#CC.C=O.CCn1c(-c2cc(N3CCN(C)CC3)cnc2C(C)OC)c(CC(C)(C)COC=O)c2cc(-c3csc(CCCCCC=C(C)C)n3)ccc21.CN.CN.CNC.FC1(F)CCCC1. The summed E-state index contributed by atoms with van der Waals surface area (Å²) in [4.78, 5) is 34.3. The summed E-state index contributed by atoms with van der Waals surface area (Å²) in [5.41, 5.74) is 19.0. The highest BCUT2D eigenvalue weighted by molar-refractivity contribution is 7.09. The maximum absolute atomic E-state index is 11.9. The van der Waals surface area contributed by atoms with Gasteiger partial charge in [-0.05, 0) is 139 Å². The summed E-state index contributed by atoms with van der Waals surface area (Å²) < 4.78 is 37.6. The van der Waals surface area contributed by atoms with Gasteiger partial charge in [0, 0.05) is 85.5 Å². The lowest BCUT2D eigenvalue weighted by molar-refractivity contribution is -0.131. The van der Waals surface area contributed by atoms with Gasteiger partial charge < -0.3 is 45.4 Å². The Morgan fingerprint density at radius 3 is 2.19 bits per heavy atom. The second-order valence-corrected chi connectivity index (χ2v) is 18.6. The van der Waals surface area contributed by atoms with E-state index in [4.69, 9.17) is 24.2 Å². The minimum atomic E-state index is -2.31. The van der Waals surface area contributed by atoms with Crippen LogP contribution in [0.2, 0.25) is 0 Å². The van der Waals surface area contributed by atoms with Crippen LogP contribution in [-0.2, 0) is 38.4 Å². The van der Waals surface area contributed by atoms with Crippen LogP contribution in [0.3, 0.4) is 0 Å². The van der Waals surface area contributed by atoms with Gasteiger partial charge in [-0.25, -0.2) is 13.8 Å². The summed E-state index contributed by atoms with van der Waals surface area (Å²) in [5, 5.41) is 7.36. The highest BCUT2D eigenvalue weighted by Gasteiger charge is 2.32. The van der Waals surface area contributed by atoms with Gasteiger partial charge in [0.05, 0.1) is 46.7 Å². The van der Waals surface area contributed by atoms with Gasteiger partial charge in [0.25, 0.3) is 6.47 Å². The number of piperazine rings is 1. The number of nitrogens with two attached hydrogens (primary N) is 2. The molecule has 0 bridgehead atoms. The first-order chi connectivity index (χ1) is 33.1. The lowest BCUT2D eigenvalue weighted by atomic mass is 9.84. The summed E-state index contributed by atoms with van der Waals surface area (Å²) in [5.74, 6) is -0.0556. The average molecular weight is 983 g/mol. The summed E-state index contributed by atoms with van der Waals surface area (Å²) >= 11 is 1.77. The molecule has 1 saturated carbocycles. The summed E-state index contributed by atoms with van der Waals surface area (Å²) in [6.07, 6.45) is 16.9. The summed E-state index contributed by atoms with van der Waals surface area (Å²) in [6.45, 7) is 22.3. The maximum atomic E-state index is 11.9. The molecular weight excluding hydrogens is 895 g/mol. The van der Waals surface area contributed by atoms with Crippen molar-refractivity contribution in [2.24, 2.45) is 16.9 Å². The number of benzene rings is 1. The van der Waals surface area contributed by atoms with Gasteiger partial charge in [0.2, 0.25) is 5.92 Å². The minimum absolute atomic E-state index is 0.118. The van der Waals surface area contributed by atoms with Crippen molar-refractivity contribution in [3.63, 3.8) is 0 Å². The fourth-order valence-corrected chi connectivity index (χ4v) is 8.80. The van der Waals surface area contributed by atoms with Crippen molar-refractivity contribution in [3.8, 4) is 34.9 Å². The predicted molar refractivity (Wildman–Crippen MR) is 288 cm³/mol. The van der Waals surface area contributed by atoms with E-state index < -0.39 is 5.92 Å². The Balaban J connectivity index is 0.00000208. The Labute approximate surface area is 419 Å². The van der Waals surface area contributed by atoms with Crippen LogP contribution in [0, 0.1) is 17.8 Å². The molecule has 0 radical (unpaired) electrons. The van der Waals surface area contributed by atoms with Gasteiger partial charge in [0.15, 0.2) is 0 Å². The number of allylic oxidation sites excluding steroid dienone is 2. The number of carbonyl (C=O) groups excluding carboxylic acids is 2. The van der Waals surface area contributed by atoms with Crippen molar-refractivity contribution in [2.45, 2.75) is 131 Å². The van der Waals surface area contributed by atoms with E-state index in [1.165, 1.54) is 54.0 Å². The van der Waals surface area contributed by atoms with E-state index in [9.17, 15) is 13.6 Å². The van der Waals surface area contributed by atoms with Crippen LogP contribution in [-0.4, -0.2) is 114 Å². The van der Waals surface area contributed by atoms with E-state index in [0.717, 1.165) is 92.3 Å². The third kappa shape index (κ3) is 22.0. The number of unbranched alkanes of at least 4 members (excludes halogenated alkanes) is 3. The molecule has 388 valence electrons. The number of rotatable bonds is 17. The number of fused-ring (bicyclic) bond motifs is 1. The molecular formula is C54H88F2N8O4S. The molecule has 0 amide bonds. The Bertz CT molecular complexity index is 2080. The Morgan fingerprint density at radius 2 is 1.67 bits per heavy atom. The number of nitrogens with zero attached hydrogens (tertiary/aromatic N) is 5. The lowest BCUT2D eigenvalue weighted by Gasteiger charge is -2.34. The number of nitrogens with one attached hydrogen (secondary N) is 1. The molecule has 12 nitrogen and oxygen atoms in total.